The summed E-state index contributed by atoms with van der Waals surface area (Å²) in [7, 11) is 0. The number of nitrogens with zero attached hydrogens (tertiary/aromatic N) is 3. The zero-order valence-electron chi connectivity index (χ0n) is 15.2. The topological polar surface area (TPSA) is 80.5 Å². The second kappa shape index (κ2) is 7.50. The van der Waals surface area contributed by atoms with Gasteiger partial charge in [0.2, 0.25) is 0 Å². The average Bonchev–Trinajstić information content (AvgIpc) is 3.29. The van der Waals surface area contributed by atoms with Crippen molar-refractivity contribution in [3.05, 3.63) is 46.8 Å². The highest BCUT2D eigenvalue weighted by Crippen LogP contribution is 2.31. The van der Waals surface area contributed by atoms with E-state index in [1.54, 1.807) is 6.20 Å². The van der Waals surface area contributed by atoms with Gasteiger partial charge in [-0.3, -0.25) is 4.79 Å². The van der Waals surface area contributed by atoms with Gasteiger partial charge in [0.25, 0.3) is 5.91 Å². The van der Waals surface area contributed by atoms with Gasteiger partial charge in [-0.15, -0.1) is 11.3 Å². The fourth-order valence-corrected chi connectivity index (χ4v) is 4.01. The van der Waals surface area contributed by atoms with Gasteiger partial charge in [0, 0.05) is 24.5 Å². The summed E-state index contributed by atoms with van der Waals surface area (Å²) in [4.78, 5) is 19.7. The molecular formula is C19H20N4O3S. The molecule has 2 aromatic heterocycles. The summed E-state index contributed by atoms with van der Waals surface area (Å²) >= 11 is 1.33. The zero-order valence-corrected chi connectivity index (χ0v) is 16.0. The summed E-state index contributed by atoms with van der Waals surface area (Å²) in [6.45, 7) is 6.97. The molecule has 140 valence electrons. The van der Waals surface area contributed by atoms with Crippen LogP contribution in [0.15, 0.2) is 35.0 Å². The van der Waals surface area contributed by atoms with Crippen LogP contribution in [0.3, 0.4) is 0 Å². The first-order valence-electron chi connectivity index (χ1n) is 8.75. The number of thiazole rings is 1. The van der Waals surface area contributed by atoms with E-state index < -0.39 is 0 Å². The normalized spacial score (nSPS) is 14.4. The average molecular weight is 384 g/mol. The van der Waals surface area contributed by atoms with E-state index in [4.69, 9.17) is 9.26 Å². The van der Waals surface area contributed by atoms with Gasteiger partial charge in [0.05, 0.1) is 30.7 Å². The number of nitrogens with one attached hydrogen (secondary N) is 1. The molecule has 0 bridgehead atoms. The maximum Gasteiger partial charge on any atom is 0.267 e. The van der Waals surface area contributed by atoms with Gasteiger partial charge in [-0.1, -0.05) is 5.16 Å². The number of hydrogen-bond acceptors (Lipinski definition) is 7. The summed E-state index contributed by atoms with van der Waals surface area (Å²) < 4.78 is 10.6. The molecule has 27 heavy (non-hydrogen) atoms. The number of aryl methyl sites for hydroxylation is 2. The fraction of sp³-hybridized carbons (Fsp3) is 0.316. The molecule has 1 aliphatic heterocycles. The number of rotatable bonds is 4. The molecule has 0 atom stereocenters. The van der Waals surface area contributed by atoms with Crippen LogP contribution in [0, 0.1) is 13.8 Å². The van der Waals surface area contributed by atoms with Gasteiger partial charge >= 0.3 is 0 Å². The summed E-state index contributed by atoms with van der Waals surface area (Å²) in [5.41, 5.74) is 3.51. The molecule has 3 aromatic rings. The third-order valence-corrected chi connectivity index (χ3v) is 5.49. The van der Waals surface area contributed by atoms with Crippen LogP contribution in [-0.4, -0.2) is 42.4 Å². The molecule has 0 radical (unpaired) electrons. The Balaban J connectivity index is 1.45. The number of hydrogen-bond donors (Lipinski definition) is 1. The summed E-state index contributed by atoms with van der Waals surface area (Å²) in [5, 5.41) is 7.60. The zero-order chi connectivity index (χ0) is 18.8. The van der Waals surface area contributed by atoms with Crippen LogP contribution in [0.25, 0.3) is 10.6 Å². The van der Waals surface area contributed by atoms with E-state index >= 15 is 0 Å². The summed E-state index contributed by atoms with van der Waals surface area (Å²) in [5.74, 6) is 0.525. The van der Waals surface area contributed by atoms with Crippen molar-refractivity contribution in [2.75, 3.05) is 36.5 Å². The Morgan fingerprint density at radius 1 is 1.19 bits per heavy atom. The van der Waals surface area contributed by atoms with Crippen molar-refractivity contribution in [1.29, 1.82) is 0 Å². The number of benzene rings is 1. The van der Waals surface area contributed by atoms with E-state index in [1.807, 2.05) is 38.1 Å². The highest BCUT2D eigenvalue weighted by Gasteiger charge is 2.18. The number of amides is 1. The van der Waals surface area contributed by atoms with Crippen molar-refractivity contribution in [1.82, 2.24) is 10.1 Å². The third kappa shape index (κ3) is 3.72. The summed E-state index contributed by atoms with van der Waals surface area (Å²) in [6, 6.07) is 7.86. The predicted molar refractivity (Wildman–Crippen MR) is 105 cm³/mol. The van der Waals surface area contributed by atoms with Gasteiger partial charge < -0.3 is 19.5 Å². The minimum absolute atomic E-state index is 0.176. The van der Waals surface area contributed by atoms with Crippen LogP contribution in [0.2, 0.25) is 0 Å². The molecular weight excluding hydrogens is 364 g/mol. The smallest absolute Gasteiger partial charge is 0.267 e. The first-order chi connectivity index (χ1) is 13.1. The van der Waals surface area contributed by atoms with Crippen LogP contribution < -0.4 is 10.2 Å². The third-order valence-electron chi connectivity index (χ3n) is 4.48. The monoisotopic (exact) mass is 384 g/mol. The predicted octanol–water partition coefficient (Wildman–Crippen LogP) is 3.50. The standard InChI is InChI=1S/C19H20N4O3S/c1-12-17(13(2)26-22-12)19-20-11-16(27-19)18(24)21-14-3-5-15(6-4-14)23-7-9-25-10-8-23/h3-6,11H,7-10H2,1-2H3,(H,21,24). The van der Waals surface area contributed by atoms with Gasteiger partial charge in [0.1, 0.15) is 15.6 Å². The van der Waals surface area contributed by atoms with Crippen molar-refractivity contribution in [2.24, 2.45) is 0 Å². The molecule has 7 nitrogen and oxygen atoms in total. The Kier molecular flexibility index (Phi) is 4.91. The number of carbonyl (C=O) groups excluding carboxylic acids is 1. The highest BCUT2D eigenvalue weighted by atomic mass is 32.1. The number of morpholine rings is 1. The molecule has 0 saturated carbocycles. The Morgan fingerprint density at radius 2 is 1.93 bits per heavy atom. The number of carbonyl (C=O) groups is 1. The van der Waals surface area contributed by atoms with Gasteiger partial charge in [-0.05, 0) is 38.1 Å². The van der Waals surface area contributed by atoms with E-state index in [2.05, 4.69) is 20.4 Å². The molecule has 1 aliphatic rings. The van der Waals surface area contributed by atoms with Gasteiger partial charge in [0.15, 0.2) is 0 Å². The van der Waals surface area contributed by atoms with Crippen molar-refractivity contribution >= 4 is 28.6 Å². The molecule has 1 amide bonds. The lowest BCUT2D eigenvalue weighted by Gasteiger charge is -2.28. The minimum atomic E-state index is -0.176. The molecule has 0 spiro atoms. The molecule has 0 aliphatic carbocycles. The molecule has 8 heteroatoms. The quantitative estimate of drug-likeness (QED) is 0.741. The first kappa shape index (κ1) is 17.7. The molecule has 1 fully saturated rings. The highest BCUT2D eigenvalue weighted by molar-refractivity contribution is 7.17. The number of aromatic nitrogens is 2. The Hall–Kier alpha value is -2.71. The Morgan fingerprint density at radius 3 is 2.59 bits per heavy atom. The second-order valence-corrected chi connectivity index (χ2v) is 7.36. The van der Waals surface area contributed by atoms with Crippen molar-refractivity contribution in [2.45, 2.75) is 13.8 Å². The molecule has 3 heterocycles. The first-order valence-corrected chi connectivity index (χ1v) is 9.56. The molecule has 1 aromatic carbocycles. The summed E-state index contributed by atoms with van der Waals surface area (Å²) in [6.07, 6.45) is 1.59. The van der Waals surface area contributed by atoms with Crippen LogP contribution in [0.1, 0.15) is 21.1 Å². The van der Waals surface area contributed by atoms with Crippen molar-refractivity contribution in [3.8, 4) is 10.6 Å². The Labute approximate surface area is 161 Å². The SMILES string of the molecule is Cc1noc(C)c1-c1ncc(C(=O)Nc2ccc(N3CCOCC3)cc2)s1. The van der Waals surface area contributed by atoms with Crippen LogP contribution in [-0.2, 0) is 4.74 Å². The van der Waals surface area contributed by atoms with E-state index in [0.29, 0.717) is 10.6 Å². The largest absolute Gasteiger partial charge is 0.378 e. The van der Waals surface area contributed by atoms with E-state index in [0.717, 1.165) is 53.9 Å². The molecule has 1 N–H and O–H groups in total. The van der Waals surface area contributed by atoms with E-state index in [9.17, 15) is 4.79 Å². The molecule has 0 unspecified atom stereocenters. The minimum Gasteiger partial charge on any atom is -0.378 e. The van der Waals surface area contributed by atoms with E-state index in [-0.39, 0.29) is 5.91 Å². The number of ether oxygens (including phenoxy) is 1. The maximum absolute atomic E-state index is 12.5. The van der Waals surface area contributed by atoms with Crippen LogP contribution in [0.4, 0.5) is 11.4 Å². The van der Waals surface area contributed by atoms with E-state index in [1.165, 1.54) is 11.3 Å². The van der Waals surface area contributed by atoms with Gasteiger partial charge in [-0.2, -0.15) is 0 Å². The van der Waals surface area contributed by atoms with Crippen molar-refractivity contribution in [3.63, 3.8) is 0 Å². The lowest BCUT2D eigenvalue weighted by atomic mass is 10.2. The molecule has 4 rings (SSSR count). The van der Waals surface area contributed by atoms with Gasteiger partial charge in [-0.25, -0.2) is 4.98 Å². The lowest BCUT2D eigenvalue weighted by molar-refractivity contribution is 0.103. The molecule has 1 saturated heterocycles. The fourth-order valence-electron chi connectivity index (χ4n) is 3.05. The number of anilines is 2. The van der Waals surface area contributed by atoms with Crippen molar-refractivity contribution < 1.29 is 14.1 Å². The van der Waals surface area contributed by atoms with Crippen LogP contribution in [0.5, 0.6) is 0 Å². The van der Waals surface area contributed by atoms with Crippen LogP contribution >= 0.6 is 11.3 Å². The lowest BCUT2D eigenvalue weighted by Crippen LogP contribution is -2.36. The second-order valence-electron chi connectivity index (χ2n) is 6.33. The Bertz CT molecular complexity index is 923. The maximum atomic E-state index is 12.5.